The third-order valence-electron chi connectivity index (χ3n) is 4.25. The number of rotatable bonds is 3. The van der Waals surface area contributed by atoms with Gasteiger partial charge in [0.15, 0.2) is 0 Å². The summed E-state index contributed by atoms with van der Waals surface area (Å²) in [5.41, 5.74) is 4.05. The molecule has 2 heterocycles. The van der Waals surface area contributed by atoms with Gasteiger partial charge in [-0.2, -0.15) is 0 Å². The molecule has 0 saturated heterocycles. The number of para-hydroxylation sites is 1. The van der Waals surface area contributed by atoms with Gasteiger partial charge in [-0.15, -0.1) is 11.3 Å². The summed E-state index contributed by atoms with van der Waals surface area (Å²) in [5, 5.41) is 9.15. The van der Waals surface area contributed by atoms with Crippen LogP contribution in [-0.2, 0) is 0 Å². The van der Waals surface area contributed by atoms with Gasteiger partial charge in [0.25, 0.3) is 5.91 Å². The zero-order chi connectivity index (χ0) is 15.9. The normalized spacial score (nSPS) is 20.7. The highest BCUT2D eigenvalue weighted by Gasteiger charge is 2.37. The van der Waals surface area contributed by atoms with Crippen molar-refractivity contribution in [3.8, 4) is 0 Å². The van der Waals surface area contributed by atoms with Gasteiger partial charge in [0.1, 0.15) is 22.8 Å². The lowest BCUT2D eigenvalue weighted by atomic mass is 10.1. The number of hydrogen-bond acceptors (Lipinski definition) is 3. The van der Waals surface area contributed by atoms with Gasteiger partial charge in [-0.25, -0.2) is 5.48 Å². The molecule has 1 amide bonds. The van der Waals surface area contributed by atoms with E-state index in [1.54, 1.807) is 11.5 Å². The molecule has 0 spiro atoms. The van der Waals surface area contributed by atoms with Crippen molar-refractivity contribution < 1.29 is 10.0 Å². The molecule has 1 aliphatic heterocycles. The monoisotopic (exact) mass is 335 g/mol. The first-order valence-electron chi connectivity index (χ1n) is 6.85. The molecular formula is C16H16ClN2O2S+. The number of quaternary nitrogens is 1. The first-order valence-corrected chi connectivity index (χ1v) is 8.05. The van der Waals surface area contributed by atoms with Crippen LogP contribution in [0.15, 0.2) is 36.5 Å². The Morgan fingerprint density at radius 2 is 2.14 bits per heavy atom. The molecule has 0 fully saturated rings. The second kappa shape index (κ2) is 5.52. The largest absolute Gasteiger partial charge is 0.288 e. The molecule has 22 heavy (non-hydrogen) atoms. The number of thiophene rings is 1. The first kappa shape index (κ1) is 15.2. The van der Waals surface area contributed by atoms with Gasteiger partial charge in [0.05, 0.1) is 16.9 Å². The highest BCUT2D eigenvalue weighted by atomic mass is 35.5. The number of carbonyl (C=O) groups excluding carboxylic acids is 1. The summed E-state index contributed by atoms with van der Waals surface area (Å²) in [4.78, 5) is 12.9. The molecule has 0 aliphatic carbocycles. The van der Waals surface area contributed by atoms with Crippen molar-refractivity contribution in [3.63, 3.8) is 0 Å². The number of hydroxylamine groups is 1. The van der Waals surface area contributed by atoms with Crippen LogP contribution in [0.2, 0.25) is 5.02 Å². The molecule has 1 unspecified atom stereocenters. The summed E-state index contributed by atoms with van der Waals surface area (Å²) < 4.78 is 0.618. The van der Waals surface area contributed by atoms with Crippen LogP contribution in [0.3, 0.4) is 0 Å². The van der Waals surface area contributed by atoms with Gasteiger partial charge in [-0.05, 0) is 19.1 Å². The van der Waals surface area contributed by atoms with E-state index in [4.69, 9.17) is 16.8 Å². The topological polar surface area (TPSA) is 49.3 Å². The predicted octanol–water partition coefficient (Wildman–Crippen LogP) is 4.20. The van der Waals surface area contributed by atoms with Crippen LogP contribution in [0, 0.1) is 0 Å². The van der Waals surface area contributed by atoms with Gasteiger partial charge < -0.3 is 0 Å². The van der Waals surface area contributed by atoms with Crippen molar-refractivity contribution in [2.24, 2.45) is 0 Å². The van der Waals surface area contributed by atoms with E-state index in [0.29, 0.717) is 14.4 Å². The van der Waals surface area contributed by atoms with E-state index in [9.17, 15) is 4.79 Å². The van der Waals surface area contributed by atoms with Crippen LogP contribution in [0.1, 0.15) is 33.1 Å². The Hall–Kier alpha value is -1.66. The van der Waals surface area contributed by atoms with E-state index in [1.807, 2.05) is 12.1 Å². The van der Waals surface area contributed by atoms with Crippen molar-refractivity contribution in [1.82, 2.24) is 9.96 Å². The number of halogens is 1. The van der Waals surface area contributed by atoms with E-state index >= 15 is 0 Å². The number of benzene rings is 1. The molecule has 0 saturated carbocycles. The minimum atomic E-state index is -0.575. The quantitative estimate of drug-likeness (QED) is 0.501. The summed E-state index contributed by atoms with van der Waals surface area (Å²) in [5.74, 6) is -0.575. The third kappa shape index (κ3) is 2.27. The van der Waals surface area contributed by atoms with Crippen LogP contribution in [-0.4, -0.2) is 18.2 Å². The maximum atomic E-state index is 11.6. The SMILES string of the molecule is C[C@@H](c1cc(Cl)c(C(=O)NO)s1)[N+]1(C)C=Cc2ccccc21. The molecular weight excluding hydrogens is 320 g/mol. The molecule has 1 aromatic heterocycles. The number of hydrogen-bond donors (Lipinski definition) is 2. The number of amides is 1. The molecule has 1 aromatic carbocycles. The highest BCUT2D eigenvalue weighted by molar-refractivity contribution is 7.14. The smallest absolute Gasteiger partial charge is 0.286 e. The second-order valence-electron chi connectivity index (χ2n) is 5.46. The van der Waals surface area contributed by atoms with E-state index in [1.165, 1.54) is 22.6 Å². The predicted molar refractivity (Wildman–Crippen MR) is 90.2 cm³/mol. The molecule has 2 N–H and O–H groups in total. The van der Waals surface area contributed by atoms with Crippen LogP contribution >= 0.6 is 22.9 Å². The number of nitrogens with zero attached hydrogens (tertiary/aromatic N) is 1. The van der Waals surface area contributed by atoms with E-state index in [0.717, 1.165) is 4.88 Å². The fraction of sp³-hybridized carbons (Fsp3) is 0.188. The van der Waals surface area contributed by atoms with E-state index in [-0.39, 0.29) is 6.04 Å². The fourth-order valence-electron chi connectivity index (χ4n) is 2.78. The van der Waals surface area contributed by atoms with Crippen molar-refractivity contribution in [3.05, 3.63) is 56.9 Å². The van der Waals surface area contributed by atoms with Crippen LogP contribution in [0.25, 0.3) is 6.08 Å². The van der Waals surface area contributed by atoms with Gasteiger partial charge >= 0.3 is 0 Å². The summed E-state index contributed by atoms with van der Waals surface area (Å²) in [6, 6.07) is 10.2. The molecule has 2 atom stereocenters. The molecule has 3 rings (SSSR count). The zero-order valence-corrected chi connectivity index (χ0v) is 13.8. The first-order chi connectivity index (χ1) is 10.5. The van der Waals surface area contributed by atoms with Crippen molar-refractivity contribution in [1.29, 1.82) is 0 Å². The van der Waals surface area contributed by atoms with Crippen LogP contribution in [0.4, 0.5) is 5.69 Å². The van der Waals surface area contributed by atoms with Gasteiger partial charge in [-0.1, -0.05) is 23.7 Å². The van der Waals surface area contributed by atoms with Crippen molar-refractivity contribution in [2.45, 2.75) is 13.0 Å². The Bertz CT molecular complexity index is 771. The van der Waals surface area contributed by atoms with Gasteiger partial charge in [0.2, 0.25) is 0 Å². The summed E-state index contributed by atoms with van der Waals surface area (Å²) in [6.45, 7) is 2.11. The molecule has 6 heteroatoms. The summed E-state index contributed by atoms with van der Waals surface area (Å²) in [7, 11) is 2.13. The minimum Gasteiger partial charge on any atom is -0.288 e. The van der Waals surface area contributed by atoms with Gasteiger partial charge in [-0.3, -0.25) is 14.5 Å². The van der Waals surface area contributed by atoms with Crippen LogP contribution in [0.5, 0.6) is 0 Å². The molecule has 2 aromatic rings. The van der Waals surface area contributed by atoms with Crippen molar-refractivity contribution >= 4 is 40.6 Å². The number of carbonyl (C=O) groups is 1. The molecule has 4 nitrogen and oxygen atoms in total. The number of fused-ring (bicyclic) bond motifs is 1. The van der Waals surface area contributed by atoms with Crippen LogP contribution < -0.4 is 9.96 Å². The Balaban J connectivity index is 2.00. The average molecular weight is 336 g/mol. The standard InChI is InChI=1S/C16H15ClN2O2S/c1-10(14-9-12(17)15(22-14)16(20)18-21)19(2)8-7-11-5-3-4-6-13(11)19/h3-10H,1-2H3,(H-,18,20,21)/p+1/t10-,19?/m0/s1. The molecule has 1 aliphatic rings. The fourth-order valence-corrected chi connectivity index (χ4v) is 4.26. The Morgan fingerprint density at radius 3 is 2.86 bits per heavy atom. The minimum absolute atomic E-state index is 0.0997. The Kier molecular flexibility index (Phi) is 3.82. The molecule has 0 radical (unpaired) electrons. The third-order valence-corrected chi connectivity index (χ3v) is 5.96. The lowest BCUT2D eigenvalue weighted by Gasteiger charge is -2.33. The highest BCUT2D eigenvalue weighted by Crippen LogP contribution is 2.44. The lowest BCUT2D eigenvalue weighted by molar-refractivity contribution is 0.0711. The van der Waals surface area contributed by atoms with Crippen molar-refractivity contribution in [2.75, 3.05) is 7.05 Å². The van der Waals surface area contributed by atoms with E-state index in [2.05, 4.69) is 38.4 Å². The zero-order valence-electron chi connectivity index (χ0n) is 12.2. The summed E-state index contributed by atoms with van der Waals surface area (Å²) in [6.07, 6.45) is 4.26. The Labute approximate surface area is 137 Å². The maximum Gasteiger partial charge on any atom is 0.286 e. The maximum absolute atomic E-state index is 11.6. The lowest BCUT2D eigenvalue weighted by Crippen LogP contribution is -2.39. The average Bonchev–Trinajstić information content (AvgIpc) is 3.08. The summed E-state index contributed by atoms with van der Waals surface area (Å²) >= 11 is 7.44. The Morgan fingerprint density at radius 1 is 1.41 bits per heavy atom. The second-order valence-corrected chi connectivity index (χ2v) is 6.96. The molecule has 114 valence electrons. The van der Waals surface area contributed by atoms with E-state index < -0.39 is 5.91 Å². The molecule has 0 bridgehead atoms. The number of nitrogens with one attached hydrogen (secondary N) is 1. The van der Waals surface area contributed by atoms with Gasteiger partial charge in [0, 0.05) is 17.7 Å².